The van der Waals surface area contributed by atoms with E-state index in [0.717, 1.165) is 37.7 Å². The first kappa shape index (κ1) is 21.9. The Morgan fingerprint density at radius 3 is 2.32 bits per heavy atom. The third kappa shape index (κ3) is 7.31. The average molecular weight is 478 g/mol. The van der Waals surface area contributed by atoms with Crippen LogP contribution in [0.5, 0.6) is 0 Å². The molecule has 1 aromatic rings. The fourth-order valence-corrected chi connectivity index (χ4v) is 3.71. The number of piperazine rings is 1. The fraction of sp³-hybridized carbons (Fsp3) is 0.529. The SMILES string of the molecule is CN=C(NCCS(=O)Cc1ccccc1)N1CCN(C(C)=O)CC1.I. The molecule has 1 amide bonds. The molecular formula is C17H27IN4O2S. The topological polar surface area (TPSA) is 65.0 Å². The Kier molecular flexibility index (Phi) is 10.0. The normalized spacial score (nSPS) is 16.2. The minimum atomic E-state index is -0.895. The van der Waals surface area contributed by atoms with Gasteiger partial charge < -0.3 is 15.1 Å². The van der Waals surface area contributed by atoms with Gasteiger partial charge in [-0.25, -0.2) is 0 Å². The van der Waals surface area contributed by atoms with Gasteiger partial charge >= 0.3 is 0 Å². The van der Waals surface area contributed by atoms with Gasteiger partial charge in [0.05, 0.1) is 0 Å². The van der Waals surface area contributed by atoms with E-state index in [2.05, 4.69) is 15.2 Å². The van der Waals surface area contributed by atoms with Gasteiger partial charge in [-0.05, 0) is 5.56 Å². The predicted molar refractivity (Wildman–Crippen MR) is 114 cm³/mol. The van der Waals surface area contributed by atoms with E-state index in [0.29, 0.717) is 18.1 Å². The number of nitrogens with one attached hydrogen (secondary N) is 1. The summed E-state index contributed by atoms with van der Waals surface area (Å²) in [5.74, 6) is 2.10. The summed E-state index contributed by atoms with van der Waals surface area (Å²) in [7, 11) is 0.855. The molecule has 2 rings (SSSR count). The molecule has 1 unspecified atom stereocenters. The van der Waals surface area contributed by atoms with E-state index in [-0.39, 0.29) is 29.9 Å². The van der Waals surface area contributed by atoms with Crippen molar-refractivity contribution in [2.24, 2.45) is 4.99 Å². The van der Waals surface area contributed by atoms with Crippen LogP contribution >= 0.6 is 24.0 Å². The number of benzene rings is 1. The van der Waals surface area contributed by atoms with Crippen molar-refractivity contribution in [1.29, 1.82) is 0 Å². The lowest BCUT2D eigenvalue weighted by Crippen LogP contribution is -2.53. The zero-order valence-corrected chi connectivity index (χ0v) is 18.0. The number of hydrogen-bond donors (Lipinski definition) is 1. The summed E-state index contributed by atoms with van der Waals surface area (Å²) in [5.41, 5.74) is 1.10. The van der Waals surface area contributed by atoms with Gasteiger partial charge in [0.2, 0.25) is 5.91 Å². The Labute approximate surface area is 169 Å². The lowest BCUT2D eigenvalue weighted by Gasteiger charge is -2.36. The van der Waals surface area contributed by atoms with E-state index < -0.39 is 10.8 Å². The number of amides is 1. The van der Waals surface area contributed by atoms with Crippen LogP contribution in [0.1, 0.15) is 12.5 Å². The number of halogens is 1. The Balaban J connectivity index is 0.00000312. The van der Waals surface area contributed by atoms with Crippen LogP contribution in [0.2, 0.25) is 0 Å². The molecule has 1 atom stereocenters. The first-order chi connectivity index (χ1) is 11.6. The molecule has 8 heteroatoms. The summed E-state index contributed by atoms with van der Waals surface area (Å²) in [6.45, 7) is 5.20. The van der Waals surface area contributed by atoms with Crippen LogP contribution in [0, 0.1) is 0 Å². The maximum Gasteiger partial charge on any atom is 0.219 e. The summed E-state index contributed by atoms with van der Waals surface area (Å²) in [6.07, 6.45) is 0. The first-order valence-electron chi connectivity index (χ1n) is 8.20. The number of carbonyl (C=O) groups is 1. The molecule has 0 aromatic heterocycles. The summed E-state index contributed by atoms with van der Waals surface area (Å²) in [4.78, 5) is 19.6. The summed E-state index contributed by atoms with van der Waals surface area (Å²) in [5, 5.41) is 3.28. The van der Waals surface area contributed by atoms with Crippen LogP contribution in [0.3, 0.4) is 0 Å². The van der Waals surface area contributed by atoms with Crippen molar-refractivity contribution >= 4 is 46.6 Å². The highest BCUT2D eigenvalue weighted by molar-refractivity contribution is 14.0. The van der Waals surface area contributed by atoms with Gasteiger partial charge in [0.15, 0.2) is 5.96 Å². The van der Waals surface area contributed by atoms with Crippen LogP contribution in [-0.4, -0.2) is 71.4 Å². The molecule has 0 aliphatic carbocycles. The number of hydrogen-bond acceptors (Lipinski definition) is 3. The quantitative estimate of drug-likeness (QED) is 0.394. The van der Waals surface area contributed by atoms with Crippen LogP contribution in [-0.2, 0) is 21.3 Å². The number of carbonyl (C=O) groups excluding carboxylic acids is 1. The van der Waals surface area contributed by atoms with Gasteiger partial charge in [0.1, 0.15) is 0 Å². The predicted octanol–water partition coefficient (Wildman–Crippen LogP) is 1.29. The Morgan fingerprint density at radius 1 is 1.16 bits per heavy atom. The monoisotopic (exact) mass is 478 g/mol. The highest BCUT2D eigenvalue weighted by Crippen LogP contribution is 2.04. The zero-order valence-electron chi connectivity index (χ0n) is 14.8. The van der Waals surface area contributed by atoms with Crippen LogP contribution < -0.4 is 5.32 Å². The summed E-state index contributed by atoms with van der Waals surface area (Å²) in [6, 6.07) is 9.89. The third-order valence-electron chi connectivity index (χ3n) is 4.02. The lowest BCUT2D eigenvalue weighted by molar-refractivity contribution is -0.130. The maximum atomic E-state index is 12.1. The molecule has 0 spiro atoms. The first-order valence-corrected chi connectivity index (χ1v) is 9.69. The Hall–Kier alpha value is -1.16. The molecule has 1 heterocycles. The number of guanidine groups is 1. The van der Waals surface area contributed by atoms with E-state index >= 15 is 0 Å². The van der Waals surface area contributed by atoms with Gasteiger partial charge in [0.25, 0.3) is 0 Å². The minimum Gasteiger partial charge on any atom is -0.355 e. The third-order valence-corrected chi connectivity index (χ3v) is 5.33. The Morgan fingerprint density at radius 2 is 1.76 bits per heavy atom. The average Bonchev–Trinajstić information content (AvgIpc) is 2.60. The van der Waals surface area contributed by atoms with Crippen molar-refractivity contribution in [3.8, 4) is 0 Å². The minimum absolute atomic E-state index is 0. The van der Waals surface area contributed by atoms with Crippen LogP contribution in [0.4, 0.5) is 0 Å². The van der Waals surface area contributed by atoms with Gasteiger partial charge in [-0.15, -0.1) is 24.0 Å². The van der Waals surface area contributed by atoms with E-state index in [9.17, 15) is 9.00 Å². The van der Waals surface area contributed by atoms with Gasteiger partial charge in [-0.2, -0.15) is 0 Å². The van der Waals surface area contributed by atoms with E-state index in [4.69, 9.17) is 0 Å². The van der Waals surface area contributed by atoms with Crippen molar-refractivity contribution in [3.05, 3.63) is 35.9 Å². The van der Waals surface area contributed by atoms with Gasteiger partial charge in [-0.3, -0.25) is 14.0 Å². The molecule has 1 fully saturated rings. The molecule has 1 aliphatic heterocycles. The molecule has 140 valence electrons. The molecule has 1 N–H and O–H groups in total. The lowest BCUT2D eigenvalue weighted by atomic mass is 10.2. The molecule has 0 saturated carbocycles. The number of aliphatic imine (C=N–C) groups is 1. The smallest absolute Gasteiger partial charge is 0.219 e. The van der Waals surface area contributed by atoms with Crippen molar-refractivity contribution in [3.63, 3.8) is 0 Å². The van der Waals surface area contributed by atoms with Crippen molar-refractivity contribution in [2.45, 2.75) is 12.7 Å². The highest BCUT2D eigenvalue weighted by Gasteiger charge is 2.20. The van der Waals surface area contributed by atoms with Gasteiger partial charge in [0, 0.05) is 69.0 Å². The maximum absolute atomic E-state index is 12.1. The van der Waals surface area contributed by atoms with Crippen LogP contribution in [0.15, 0.2) is 35.3 Å². The second kappa shape index (κ2) is 11.5. The molecule has 1 aliphatic rings. The molecule has 25 heavy (non-hydrogen) atoms. The molecule has 0 bridgehead atoms. The van der Waals surface area contributed by atoms with Crippen molar-refractivity contribution in [1.82, 2.24) is 15.1 Å². The summed E-state index contributed by atoms with van der Waals surface area (Å²) < 4.78 is 12.1. The fourth-order valence-electron chi connectivity index (χ4n) is 2.67. The molecule has 1 saturated heterocycles. The van der Waals surface area contributed by atoms with Crippen molar-refractivity contribution in [2.75, 3.05) is 45.5 Å². The zero-order chi connectivity index (χ0) is 17.4. The molecule has 1 aromatic carbocycles. The molecular weight excluding hydrogens is 451 g/mol. The number of nitrogens with zero attached hydrogens (tertiary/aromatic N) is 3. The molecule has 6 nitrogen and oxygen atoms in total. The van der Waals surface area contributed by atoms with E-state index in [1.807, 2.05) is 35.2 Å². The molecule has 0 radical (unpaired) electrons. The Bertz CT molecular complexity index is 590. The standard InChI is InChI=1S/C17H26N4O2S.HI/c1-15(22)20-9-11-21(12-10-20)17(18-2)19-8-13-24(23)14-16-6-4-3-5-7-16;/h3-7H,8-14H2,1-2H3,(H,18,19);1H. The largest absolute Gasteiger partial charge is 0.355 e. The van der Waals surface area contributed by atoms with Crippen molar-refractivity contribution < 1.29 is 9.00 Å². The van der Waals surface area contributed by atoms with E-state index in [1.54, 1.807) is 14.0 Å². The van der Waals surface area contributed by atoms with Crippen LogP contribution in [0.25, 0.3) is 0 Å². The second-order valence-corrected chi connectivity index (χ2v) is 7.32. The van der Waals surface area contributed by atoms with Gasteiger partial charge in [-0.1, -0.05) is 30.3 Å². The summed E-state index contributed by atoms with van der Waals surface area (Å²) >= 11 is 0. The highest BCUT2D eigenvalue weighted by atomic mass is 127. The number of rotatable bonds is 5. The second-order valence-electron chi connectivity index (χ2n) is 5.74. The van der Waals surface area contributed by atoms with E-state index in [1.165, 1.54) is 0 Å².